The predicted molar refractivity (Wildman–Crippen MR) is 70.3 cm³/mol. The number of rotatable bonds is 5. The number of carbonyl (C=O) groups excluding carboxylic acids is 1. The lowest BCUT2D eigenvalue weighted by Crippen LogP contribution is -2.41. The van der Waals surface area contributed by atoms with Crippen LogP contribution in [-0.4, -0.2) is 55.3 Å². The van der Waals surface area contributed by atoms with Crippen LogP contribution in [-0.2, 0) is 26.9 Å². The van der Waals surface area contributed by atoms with Crippen LogP contribution in [0.2, 0.25) is 0 Å². The molecule has 20 heavy (non-hydrogen) atoms. The number of nitrogens with one attached hydrogen (secondary N) is 1. The minimum absolute atomic E-state index is 0.0293. The van der Waals surface area contributed by atoms with E-state index in [1.807, 2.05) is 4.90 Å². The van der Waals surface area contributed by atoms with E-state index in [4.69, 9.17) is 4.52 Å². The Labute approximate surface area is 117 Å². The highest BCUT2D eigenvalue weighted by atomic mass is 32.2. The van der Waals surface area contributed by atoms with Crippen LogP contribution in [0.5, 0.6) is 0 Å². The molecule has 0 radical (unpaired) electrons. The maximum atomic E-state index is 11.7. The van der Waals surface area contributed by atoms with Crippen molar-refractivity contribution in [3.05, 3.63) is 11.7 Å². The Morgan fingerprint density at radius 1 is 1.55 bits per heavy atom. The van der Waals surface area contributed by atoms with Gasteiger partial charge < -0.3 is 9.84 Å². The Bertz CT molecular complexity index is 583. The van der Waals surface area contributed by atoms with E-state index in [2.05, 4.69) is 15.5 Å². The van der Waals surface area contributed by atoms with Gasteiger partial charge in [-0.25, -0.2) is 8.42 Å². The summed E-state index contributed by atoms with van der Waals surface area (Å²) in [5, 5.41) is 6.27. The molecule has 1 aromatic heterocycles. The van der Waals surface area contributed by atoms with Gasteiger partial charge in [0.15, 0.2) is 15.7 Å². The van der Waals surface area contributed by atoms with E-state index in [9.17, 15) is 13.2 Å². The summed E-state index contributed by atoms with van der Waals surface area (Å²) in [7, 11) is -1.58. The third-order valence-corrected chi connectivity index (χ3v) is 3.94. The molecule has 1 aliphatic heterocycles. The SMILES string of the molecule is CNC(=O)[C@H]1CCCN1Cc1nc(CS(C)(=O)=O)no1. The van der Waals surface area contributed by atoms with Crippen molar-refractivity contribution in [1.82, 2.24) is 20.4 Å². The zero-order chi connectivity index (χ0) is 14.8. The van der Waals surface area contributed by atoms with E-state index < -0.39 is 9.84 Å². The molecular weight excluding hydrogens is 284 g/mol. The Hall–Kier alpha value is -1.48. The zero-order valence-electron chi connectivity index (χ0n) is 11.5. The fourth-order valence-corrected chi connectivity index (χ4v) is 2.89. The number of hydrogen-bond acceptors (Lipinski definition) is 7. The van der Waals surface area contributed by atoms with Gasteiger partial charge >= 0.3 is 0 Å². The summed E-state index contributed by atoms with van der Waals surface area (Å²) in [6.45, 7) is 1.14. The molecule has 8 nitrogen and oxygen atoms in total. The van der Waals surface area contributed by atoms with Crippen LogP contribution >= 0.6 is 0 Å². The van der Waals surface area contributed by atoms with Crippen molar-refractivity contribution in [3.63, 3.8) is 0 Å². The second-order valence-electron chi connectivity index (χ2n) is 4.92. The number of amides is 1. The second-order valence-corrected chi connectivity index (χ2v) is 7.06. The molecule has 1 aromatic rings. The lowest BCUT2D eigenvalue weighted by atomic mass is 10.2. The summed E-state index contributed by atoms with van der Waals surface area (Å²) >= 11 is 0. The predicted octanol–water partition coefficient (Wildman–Crippen LogP) is -0.675. The summed E-state index contributed by atoms with van der Waals surface area (Å²) in [6, 6.07) is -0.190. The largest absolute Gasteiger partial charge is 0.358 e. The fourth-order valence-electron chi connectivity index (χ4n) is 2.30. The molecular formula is C11H18N4O4S. The molecule has 2 heterocycles. The lowest BCUT2D eigenvalue weighted by molar-refractivity contribution is -0.125. The first-order chi connectivity index (χ1) is 9.39. The van der Waals surface area contributed by atoms with Crippen LogP contribution in [0, 0.1) is 0 Å². The van der Waals surface area contributed by atoms with Gasteiger partial charge in [0, 0.05) is 13.3 Å². The highest BCUT2D eigenvalue weighted by molar-refractivity contribution is 7.89. The van der Waals surface area contributed by atoms with Gasteiger partial charge in [0.2, 0.25) is 11.8 Å². The van der Waals surface area contributed by atoms with Gasteiger partial charge in [-0.05, 0) is 19.4 Å². The van der Waals surface area contributed by atoms with Crippen LogP contribution in [0.1, 0.15) is 24.6 Å². The summed E-state index contributed by atoms with van der Waals surface area (Å²) in [5.74, 6) is 0.214. The number of nitrogens with zero attached hydrogens (tertiary/aromatic N) is 3. The summed E-state index contributed by atoms with van der Waals surface area (Å²) in [4.78, 5) is 17.7. The van der Waals surface area contributed by atoms with Crippen molar-refractivity contribution in [1.29, 1.82) is 0 Å². The third-order valence-electron chi connectivity index (χ3n) is 3.15. The average molecular weight is 302 g/mol. The highest BCUT2D eigenvalue weighted by Gasteiger charge is 2.31. The van der Waals surface area contributed by atoms with Crippen LogP contribution < -0.4 is 5.32 Å². The molecule has 0 spiro atoms. The molecule has 9 heteroatoms. The molecule has 1 N–H and O–H groups in total. The normalized spacial score (nSPS) is 20.2. The van der Waals surface area contributed by atoms with Gasteiger partial charge in [0.05, 0.1) is 12.6 Å². The topological polar surface area (TPSA) is 105 Å². The van der Waals surface area contributed by atoms with E-state index in [1.54, 1.807) is 7.05 Å². The van der Waals surface area contributed by atoms with Crippen LogP contribution in [0.25, 0.3) is 0 Å². The Kier molecular flexibility index (Phi) is 4.39. The Balaban J connectivity index is 2.01. The molecule has 0 aromatic carbocycles. The van der Waals surface area contributed by atoms with Crippen molar-refractivity contribution in [2.75, 3.05) is 19.8 Å². The first-order valence-electron chi connectivity index (χ1n) is 6.34. The summed E-state index contributed by atoms with van der Waals surface area (Å²) < 4.78 is 27.3. The standard InChI is InChI=1S/C11H18N4O4S/c1-12-11(16)8-4-3-5-15(8)6-10-13-9(14-19-10)7-20(2,17)18/h8H,3-7H2,1-2H3,(H,12,16)/t8-/m1/s1. The average Bonchev–Trinajstić information content (AvgIpc) is 2.96. The Morgan fingerprint density at radius 3 is 2.95 bits per heavy atom. The molecule has 1 atom stereocenters. The second kappa shape index (κ2) is 5.88. The molecule has 1 amide bonds. The van der Waals surface area contributed by atoms with Crippen molar-refractivity contribution < 1.29 is 17.7 Å². The van der Waals surface area contributed by atoms with E-state index in [1.165, 1.54) is 0 Å². The molecule has 2 rings (SSSR count). The minimum Gasteiger partial charge on any atom is -0.358 e. The quantitative estimate of drug-likeness (QED) is 0.768. The molecule has 0 bridgehead atoms. The molecule has 1 fully saturated rings. The van der Waals surface area contributed by atoms with Crippen molar-refractivity contribution >= 4 is 15.7 Å². The van der Waals surface area contributed by atoms with E-state index in [0.29, 0.717) is 12.4 Å². The van der Waals surface area contributed by atoms with E-state index in [0.717, 1.165) is 25.6 Å². The number of hydrogen-bond donors (Lipinski definition) is 1. The number of aromatic nitrogens is 2. The summed E-state index contributed by atoms with van der Waals surface area (Å²) in [5.41, 5.74) is 0. The Morgan fingerprint density at radius 2 is 2.30 bits per heavy atom. The maximum Gasteiger partial charge on any atom is 0.240 e. The first kappa shape index (κ1) is 14.9. The lowest BCUT2D eigenvalue weighted by Gasteiger charge is -2.20. The molecule has 1 aliphatic rings. The maximum absolute atomic E-state index is 11.7. The van der Waals surface area contributed by atoms with Gasteiger partial charge in [0.25, 0.3) is 0 Å². The molecule has 0 unspecified atom stereocenters. The molecule has 1 saturated heterocycles. The monoisotopic (exact) mass is 302 g/mol. The number of carbonyl (C=O) groups is 1. The van der Waals surface area contributed by atoms with Crippen molar-refractivity contribution in [2.45, 2.75) is 31.2 Å². The van der Waals surface area contributed by atoms with E-state index in [-0.39, 0.29) is 23.5 Å². The number of likely N-dealkylation sites (N-methyl/N-ethyl adjacent to an activating group) is 1. The summed E-state index contributed by atoms with van der Waals surface area (Å²) in [6.07, 6.45) is 2.84. The van der Waals surface area contributed by atoms with Crippen molar-refractivity contribution in [3.8, 4) is 0 Å². The van der Waals surface area contributed by atoms with Gasteiger partial charge in [-0.2, -0.15) is 4.98 Å². The van der Waals surface area contributed by atoms with Crippen molar-refractivity contribution in [2.24, 2.45) is 0 Å². The van der Waals surface area contributed by atoms with E-state index >= 15 is 0 Å². The molecule has 0 aliphatic carbocycles. The van der Waals surface area contributed by atoms with Crippen LogP contribution in [0.15, 0.2) is 4.52 Å². The highest BCUT2D eigenvalue weighted by Crippen LogP contribution is 2.19. The molecule has 112 valence electrons. The minimum atomic E-state index is -3.18. The van der Waals surface area contributed by atoms with Crippen LogP contribution in [0.3, 0.4) is 0 Å². The van der Waals surface area contributed by atoms with Gasteiger partial charge in [-0.3, -0.25) is 9.69 Å². The smallest absolute Gasteiger partial charge is 0.240 e. The number of likely N-dealkylation sites (tertiary alicyclic amines) is 1. The van der Waals surface area contributed by atoms with Gasteiger partial charge in [-0.15, -0.1) is 0 Å². The fraction of sp³-hybridized carbons (Fsp3) is 0.727. The van der Waals surface area contributed by atoms with Gasteiger partial charge in [0.1, 0.15) is 5.75 Å². The zero-order valence-corrected chi connectivity index (χ0v) is 12.3. The number of sulfone groups is 1. The third kappa shape index (κ3) is 3.76. The first-order valence-corrected chi connectivity index (χ1v) is 8.40. The molecule has 0 saturated carbocycles. The van der Waals surface area contributed by atoms with Gasteiger partial charge in [-0.1, -0.05) is 5.16 Å². The van der Waals surface area contributed by atoms with Crippen LogP contribution in [0.4, 0.5) is 0 Å².